The highest BCUT2D eigenvalue weighted by Crippen LogP contribution is 2.42. The summed E-state index contributed by atoms with van der Waals surface area (Å²) in [5.41, 5.74) is 6.66. The first-order valence-electron chi connectivity index (χ1n) is 12.5. The Balaban J connectivity index is 1.40. The fraction of sp³-hybridized carbons (Fsp3) is 0.480. The number of hydrogen-bond acceptors (Lipinski definition) is 9. The number of halogens is 3. The standard InChI is InChI=1S/C25H29F3N8O3/c1-14-3-4-16(21(31-14)36-8-5-15(2)34-36)20(25(26,27)28)39-19-11-18(32-23(29)33-19)35-9-6-24(7-10-35)12-17(22(37)38)30-13-24/h3-5,8,11,17,20,30H,6-7,9-10,12-13H2,1-2H3,(H,37,38)(H2,29,32,33). The SMILES string of the molecule is Cc1ccc(C(Oc2cc(N3CCC4(CC3)CNC(C(=O)O)C4)nc(N)n2)C(F)(F)F)c(-n2ccc(C)n2)n1. The predicted octanol–water partition coefficient (Wildman–Crippen LogP) is 2.97. The topological polar surface area (TPSA) is 144 Å². The number of nitrogens with two attached hydrogens (primary N) is 1. The van der Waals surface area contributed by atoms with Gasteiger partial charge < -0.3 is 25.8 Å². The van der Waals surface area contributed by atoms with Crippen molar-refractivity contribution in [1.82, 2.24) is 30.0 Å². The number of aromatic nitrogens is 5. The average molecular weight is 547 g/mol. The minimum atomic E-state index is -4.80. The van der Waals surface area contributed by atoms with Crippen molar-refractivity contribution in [3.63, 3.8) is 0 Å². The molecule has 11 nitrogen and oxygen atoms in total. The fourth-order valence-corrected chi connectivity index (χ4v) is 5.24. The molecule has 39 heavy (non-hydrogen) atoms. The van der Waals surface area contributed by atoms with Crippen molar-refractivity contribution in [2.75, 3.05) is 30.3 Å². The average Bonchev–Trinajstić information content (AvgIpc) is 3.49. The van der Waals surface area contributed by atoms with Crippen LogP contribution in [0.5, 0.6) is 5.88 Å². The van der Waals surface area contributed by atoms with Crippen molar-refractivity contribution in [3.05, 3.63) is 47.4 Å². The van der Waals surface area contributed by atoms with Crippen LogP contribution in [0.4, 0.5) is 24.9 Å². The van der Waals surface area contributed by atoms with Crippen molar-refractivity contribution in [2.24, 2.45) is 5.41 Å². The third-order valence-corrected chi connectivity index (χ3v) is 7.32. The molecule has 2 aliphatic heterocycles. The van der Waals surface area contributed by atoms with Crippen LogP contribution in [-0.4, -0.2) is 67.7 Å². The van der Waals surface area contributed by atoms with Crippen molar-refractivity contribution in [3.8, 4) is 11.7 Å². The van der Waals surface area contributed by atoms with Gasteiger partial charge in [-0.25, -0.2) is 9.67 Å². The van der Waals surface area contributed by atoms with Crippen molar-refractivity contribution < 1.29 is 27.8 Å². The summed E-state index contributed by atoms with van der Waals surface area (Å²) in [7, 11) is 0. The van der Waals surface area contributed by atoms with Crippen LogP contribution >= 0.6 is 0 Å². The molecule has 4 N–H and O–H groups in total. The van der Waals surface area contributed by atoms with Gasteiger partial charge in [0.15, 0.2) is 5.82 Å². The van der Waals surface area contributed by atoms with Crippen LogP contribution in [0.15, 0.2) is 30.5 Å². The second-order valence-corrected chi connectivity index (χ2v) is 10.2. The highest BCUT2D eigenvalue weighted by molar-refractivity contribution is 5.74. The quantitative estimate of drug-likeness (QED) is 0.422. The maximum Gasteiger partial charge on any atom is 0.429 e. The van der Waals surface area contributed by atoms with E-state index in [0.717, 1.165) is 0 Å². The Hall–Kier alpha value is -3.94. The monoisotopic (exact) mass is 546 g/mol. The zero-order chi connectivity index (χ0) is 27.9. The van der Waals surface area contributed by atoms with Gasteiger partial charge >= 0.3 is 12.1 Å². The molecule has 0 radical (unpaired) electrons. The van der Waals surface area contributed by atoms with E-state index in [1.165, 1.54) is 29.1 Å². The van der Waals surface area contributed by atoms with Crippen LogP contribution in [0.25, 0.3) is 5.82 Å². The molecular weight excluding hydrogens is 517 g/mol. The summed E-state index contributed by atoms with van der Waals surface area (Å²) in [5, 5.41) is 16.6. The van der Waals surface area contributed by atoms with E-state index >= 15 is 0 Å². The van der Waals surface area contributed by atoms with Crippen LogP contribution in [0.2, 0.25) is 0 Å². The number of aryl methyl sites for hydroxylation is 2. The molecule has 2 aliphatic rings. The molecule has 208 valence electrons. The Morgan fingerprint density at radius 3 is 2.54 bits per heavy atom. The highest BCUT2D eigenvalue weighted by Gasteiger charge is 2.46. The van der Waals surface area contributed by atoms with Gasteiger partial charge in [-0.3, -0.25) is 4.79 Å². The van der Waals surface area contributed by atoms with Crippen LogP contribution in [0.3, 0.4) is 0 Å². The molecule has 1 spiro atoms. The highest BCUT2D eigenvalue weighted by atomic mass is 19.4. The number of piperidine rings is 1. The number of anilines is 2. The summed E-state index contributed by atoms with van der Waals surface area (Å²) in [6, 6.07) is 5.24. The van der Waals surface area contributed by atoms with Crippen LogP contribution in [-0.2, 0) is 4.79 Å². The molecule has 5 heterocycles. The number of carboxylic acids is 1. The van der Waals surface area contributed by atoms with E-state index in [4.69, 9.17) is 10.5 Å². The van der Waals surface area contributed by atoms with Gasteiger partial charge in [0.1, 0.15) is 11.9 Å². The number of rotatable bonds is 6. The Bertz CT molecular complexity index is 1370. The Morgan fingerprint density at radius 1 is 1.18 bits per heavy atom. The smallest absolute Gasteiger partial charge is 0.429 e. The second-order valence-electron chi connectivity index (χ2n) is 10.2. The number of carbonyl (C=O) groups is 1. The summed E-state index contributed by atoms with van der Waals surface area (Å²) >= 11 is 0. The van der Waals surface area contributed by atoms with E-state index in [2.05, 4.69) is 25.4 Å². The molecule has 0 aliphatic carbocycles. The minimum Gasteiger partial charge on any atom is -0.480 e. The minimum absolute atomic E-state index is 0.00107. The number of nitrogens with zero attached hydrogens (tertiary/aromatic N) is 6. The molecule has 2 unspecified atom stereocenters. The van der Waals surface area contributed by atoms with E-state index < -0.39 is 24.3 Å². The van der Waals surface area contributed by atoms with Gasteiger partial charge in [0.05, 0.1) is 5.69 Å². The van der Waals surface area contributed by atoms with Crippen molar-refractivity contribution in [1.29, 1.82) is 0 Å². The van der Waals surface area contributed by atoms with Gasteiger partial charge in [-0.05, 0) is 56.7 Å². The van der Waals surface area contributed by atoms with Gasteiger partial charge in [0.2, 0.25) is 17.9 Å². The third-order valence-electron chi connectivity index (χ3n) is 7.32. The maximum atomic E-state index is 14.4. The van der Waals surface area contributed by atoms with Gasteiger partial charge in [-0.1, -0.05) is 0 Å². The van der Waals surface area contributed by atoms with E-state index in [-0.39, 0.29) is 28.6 Å². The zero-order valence-corrected chi connectivity index (χ0v) is 21.4. The normalized spacial score (nSPS) is 19.8. The maximum absolute atomic E-state index is 14.4. The number of pyridine rings is 1. The van der Waals surface area contributed by atoms with Crippen LogP contribution in [0.1, 0.15) is 42.3 Å². The van der Waals surface area contributed by atoms with Crippen LogP contribution < -0.4 is 20.7 Å². The van der Waals surface area contributed by atoms with E-state index in [1.54, 1.807) is 19.9 Å². The van der Waals surface area contributed by atoms with E-state index in [1.807, 2.05) is 4.90 Å². The van der Waals surface area contributed by atoms with Crippen molar-refractivity contribution in [2.45, 2.75) is 51.4 Å². The number of nitrogens with one attached hydrogen (secondary N) is 1. The molecule has 5 rings (SSSR count). The first kappa shape index (κ1) is 26.7. The summed E-state index contributed by atoms with van der Waals surface area (Å²) < 4.78 is 49.9. The molecule has 2 fully saturated rings. The van der Waals surface area contributed by atoms with E-state index in [9.17, 15) is 23.1 Å². The summed E-state index contributed by atoms with van der Waals surface area (Å²) in [6.07, 6.45) is -3.72. The number of carboxylic acid groups (broad SMARTS) is 1. The first-order chi connectivity index (χ1) is 18.4. The van der Waals surface area contributed by atoms with Gasteiger partial charge in [-0.15, -0.1) is 0 Å². The zero-order valence-electron chi connectivity index (χ0n) is 21.4. The summed E-state index contributed by atoms with van der Waals surface area (Å²) in [6.45, 7) is 5.09. The summed E-state index contributed by atoms with van der Waals surface area (Å²) in [5.74, 6) is -1.06. The molecule has 14 heteroatoms. The lowest BCUT2D eigenvalue weighted by atomic mass is 9.76. The number of ether oxygens (including phenoxy) is 1. The second kappa shape index (κ2) is 9.98. The molecule has 2 atom stereocenters. The van der Waals surface area contributed by atoms with E-state index in [0.29, 0.717) is 56.1 Å². The number of nitrogen functional groups attached to an aromatic ring is 1. The molecule has 0 bridgehead atoms. The number of alkyl halides is 3. The molecule has 2 saturated heterocycles. The number of hydrogen-bond donors (Lipinski definition) is 3. The lowest BCUT2D eigenvalue weighted by Gasteiger charge is -2.39. The predicted molar refractivity (Wildman–Crippen MR) is 135 cm³/mol. The fourth-order valence-electron chi connectivity index (χ4n) is 5.24. The lowest BCUT2D eigenvalue weighted by molar-refractivity contribution is -0.198. The Labute approximate surface area is 222 Å². The van der Waals surface area contributed by atoms with Gasteiger partial charge in [0, 0.05) is 43.2 Å². The van der Waals surface area contributed by atoms with Gasteiger partial charge in [0.25, 0.3) is 0 Å². The molecule has 0 amide bonds. The van der Waals surface area contributed by atoms with Gasteiger partial charge in [-0.2, -0.15) is 28.2 Å². The molecule has 0 saturated carbocycles. The number of aliphatic carboxylic acids is 1. The third kappa shape index (κ3) is 5.60. The lowest BCUT2D eigenvalue weighted by Crippen LogP contribution is -2.41. The van der Waals surface area contributed by atoms with Crippen molar-refractivity contribution >= 4 is 17.7 Å². The van der Waals surface area contributed by atoms with Crippen LogP contribution in [0, 0.1) is 19.3 Å². The Morgan fingerprint density at radius 2 is 1.92 bits per heavy atom. The molecular formula is C25H29F3N8O3. The largest absolute Gasteiger partial charge is 0.480 e. The summed E-state index contributed by atoms with van der Waals surface area (Å²) in [4.78, 5) is 25.7. The molecule has 3 aromatic rings. The Kier molecular flexibility index (Phi) is 6.83. The molecule has 0 aromatic carbocycles. The molecule has 3 aromatic heterocycles. The first-order valence-corrected chi connectivity index (χ1v) is 12.5.